The lowest BCUT2D eigenvalue weighted by Gasteiger charge is -2.33. The zero-order valence-electron chi connectivity index (χ0n) is 13.2. The summed E-state index contributed by atoms with van der Waals surface area (Å²) in [5, 5.41) is 3.40. The first-order valence-electron chi connectivity index (χ1n) is 7.85. The number of guanidine groups is 1. The van der Waals surface area contributed by atoms with Gasteiger partial charge in [-0.25, -0.2) is 0 Å². The Bertz CT molecular complexity index is 310. The molecule has 0 aromatic heterocycles. The molecule has 0 amide bonds. The van der Waals surface area contributed by atoms with Crippen molar-refractivity contribution in [3.05, 3.63) is 0 Å². The maximum absolute atomic E-state index is 11.7. The van der Waals surface area contributed by atoms with Gasteiger partial charge in [-0.2, -0.15) is 0 Å². The van der Waals surface area contributed by atoms with E-state index in [0.717, 1.165) is 38.4 Å². The maximum Gasteiger partial charge on any atom is 0.309 e. The molecule has 0 aromatic rings. The topological polar surface area (TPSA) is 53.9 Å². The molecule has 1 heterocycles. The number of hydrogen-bond donors (Lipinski definition) is 1. The van der Waals surface area contributed by atoms with Crippen LogP contribution in [-0.2, 0) is 9.53 Å². The first-order valence-corrected chi connectivity index (χ1v) is 7.85. The van der Waals surface area contributed by atoms with Gasteiger partial charge in [-0.15, -0.1) is 0 Å². The molecule has 1 rings (SSSR count). The molecule has 1 aliphatic rings. The lowest BCUT2D eigenvalue weighted by molar-refractivity contribution is -0.149. The minimum Gasteiger partial charge on any atom is -0.466 e. The number of nitrogens with one attached hydrogen (secondary N) is 1. The number of rotatable bonds is 6. The van der Waals surface area contributed by atoms with Gasteiger partial charge in [0.15, 0.2) is 5.96 Å². The average Bonchev–Trinajstić information content (AvgIpc) is 2.48. The molecule has 0 bridgehead atoms. The second kappa shape index (κ2) is 9.61. The third kappa shape index (κ3) is 5.39. The number of carbonyl (C=O) groups is 1. The van der Waals surface area contributed by atoms with E-state index in [1.165, 1.54) is 19.3 Å². The Labute approximate surface area is 122 Å². The predicted molar refractivity (Wildman–Crippen MR) is 81.8 cm³/mol. The molecule has 0 radical (unpaired) electrons. The van der Waals surface area contributed by atoms with Gasteiger partial charge >= 0.3 is 5.97 Å². The molecule has 0 aromatic carbocycles. The van der Waals surface area contributed by atoms with Gasteiger partial charge in [-0.05, 0) is 26.2 Å². The molecule has 0 aliphatic carbocycles. The first kappa shape index (κ1) is 16.8. The first-order chi connectivity index (χ1) is 9.72. The zero-order valence-corrected chi connectivity index (χ0v) is 13.2. The fourth-order valence-electron chi connectivity index (χ4n) is 2.49. The van der Waals surface area contributed by atoms with E-state index >= 15 is 0 Å². The Hall–Kier alpha value is -1.26. The number of piperidine rings is 1. The highest BCUT2D eigenvalue weighted by molar-refractivity contribution is 5.80. The summed E-state index contributed by atoms with van der Waals surface area (Å²) in [5.74, 6) is 0.978. The number of hydrogen-bond acceptors (Lipinski definition) is 3. The molecular weight excluding hydrogens is 254 g/mol. The number of esters is 1. The van der Waals surface area contributed by atoms with Gasteiger partial charge in [-0.1, -0.05) is 19.8 Å². The fourth-order valence-corrected chi connectivity index (χ4v) is 2.49. The third-order valence-corrected chi connectivity index (χ3v) is 3.69. The molecular formula is C15H29N3O2. The summed E-state index contributed by atoms with van der Waals surface area (Å²) in [6.45, 7) is 7.25. The van der Waals surface area contributed by atoms with E-state index in [0.29, 0.717) is 6.61 Å². The largest absolute Gasteiger partial charge is 0.466 e. The fraction of sp³-hybridized carbons (Fsp3) is 0.867. The third-order valence-electron chi connectivity index (χ3n) is 3.69. The van der Waals surface area contributed by atoms with Gasteiger partial charge in [0, 0.05) is 26.7 Å². The summed E-state index contributed by atoms with van der Waals surface area (Å²) in [5.41, 5.74) is 0. The average molecular weight is 283 g/mol. The number of nitrogens with zero attached hydrogens (tertiary/aromatic N) is 2. The Morgan fingerprint density at radius 3 is 2.55 bits per heavy atom. The van der Waals surface area contributed by atoms with Crippen molar-refractivity contribution < 1.29 is 9.53 Å². The second-order valence-corrected chi connectivity index (χ2v) is 5.19. The number of ether oxygens (including phenoxy) is 1. The highest BCUT2D eigenvalue weighted by atomic mass is 16.5. The number of aliphatic imine (C=N–C) groups is 1. The molecule has 1 saturated heterocycles. The molecule has 5 nitrogen and oxygen atoms in total. The highest BCUT2D eigenvalue weighted by Gasteiger charge is 2.27. The Kier molecular flexibility index (Phi) is 8.07. The Balaban J connectivity index is 2.33. The maximum atomic E-state index is 11.7. The summed E-state index contributed by atoms with van der Waals surface area (Å²) in [4.78, 5) is 18.3. The van der Waals surface area contributed by atoms with Crippen LogP contribution < -0.4 is 5.32 Å². The van der Waals surface area contributed by atoms with Crippen LogP contribution in [0.4, 0.5) is 0 Å². The summed E-state index contributed by atoms with van der Waals surface area (Å²) < 4.78 is 5.09. The molecule has 0 saturated carbocycles. The summed E-state index contributed by atoms with van der Waals surface area (Å²) in [7, 11) is 1.82. The van der Waals surface area contributed by atoms with Crippen LogP contribution in [0.25, 0.3) is 0 Å². The molecule has 20 heavy (non-hydrogen) atoms. The van der Waals surface area contributed by atoms with Gasteiger partial charge in [0.2, 0.25) is 0 Å². The molecule has 0 unspecified atom stereocenters. The lowest BCUT2D eigenvalue weighted by Crippen LogP contribution is -2.46. The van der Waals surface area contributed by atoms with Crippen molar-refractivity contribution in [1.29, 1.82) is 0 Å². The van der Waals surface area contributed by atoms with Crippen LogP contribution in [0.2, 0.25) is 0 Å². The zero-order chi connectivity index (χ0) is 14.8. The Morgan fingerprint density at radius 2 is 2.00 bits per heavy atom. The van der Waals surface area contributed by atoms with Gasteiger partial charge < -0.3 is 15.0 Å². The van der Waals surface area contributed by atoms with Gasteiger partial charge in [0.05, 0.1) is 12.5 Å². The Morgan fingerprint density at radius 1 is 1.30 bits per heavy atom. The monoisotopic (exact) mass is 283 g/mol. The number of carbonyl (C=O) groups excluding carboxylic acids is 1. The van der Waals surface area contributed by atoms with Gasteiger partial charge in [0.1, 0.15) is 0 Å². The molecule has 116 valence electrons. The van der Waals surface area contributed by atoms with Crippen LogP contribution in [-0.4, -0.2) is 50.1 Å². The van der Waals surface area contributed by atoms with Crippen molar-refractivity contribution in [2.24, 2.45) is 10.9 Å². The van der Waals surface area contributed by atoms with Crippen LogP contribution in [0, 0.1) is 5.92 Å². The second-order valence-electron chi connectivity index (χ2n) is 5.19. The standard InChI is InChI=1S/C15H29N3O2/c1-4-6-7-10-17-15(16-3)18-11-8-13(9-12-18)14(19)20-5-2/h13H,4-12H2,1-3H3,(H,16,17). The molecule has 5 heteroatoms. The van der Waals surface area contributed by atoms with Crippen LogP contribution in [0.15, 0.2) is 4.99 Å². The van der Waals surface area contributed by atoms with E-state index in [4.69, 9.17) is 4.74 Å². The van der Waals surface area contributed by atoms with Crippen LogP contribution >= 0.6 is 0 Å². The predicted octanol–water partition coefficient (Wildman–Crippen LogP) is 2.03. The summed E-state index contributed by atoms with van der Waals surface area (Å²) in [6, 6.07) is 0. The normalized spacial score (nSPS) is 17.1. The SMILES string of the molecule is CCCCCNC(=NC)N1CCC(C(=O)OCC)CC1. The van der Waals surface area contributed by atoms with E-state index in [-0.39, 0.29) is 11.9 Å². The number of unbranched alkanes of at least 4 members (excludes halogenated alkanes) is 2. The van der Waals surface area contributed by atoms with Gasteiger partial charge in [-0.3, -0.25) is 9.79 Å². The van der Waals surface area contributed by atoms with E-state index in [1.54, 1.807) is 0 Å². The quantitative estimate of drug-likeness (QED) is 0.351. The van der Waals surface area contributed by atoms with Crippen molar-refractivity contribution in [3.63, 3.8) is 0 Å². The van der Waals surface area contributed by atoms with Crippen molar-refractivity contribution in [2.45, 2.75) is 46.0 Å². The molecule has 0 spiro atoms. The van der Waals surface area contributed by atoms with Crippen molar-refractivity contribution in [2.75, 3.05) is 33.3 Å². The number of likely N-dealkylation sites (tertiary alicyclic amines) is 1. The minimum absolute atomic E-state index is 0.0435. The highest BCUT2D eigenvalue weighted by Crippen LogP contribution is 2.18. The molecule has 1 aliphatic heterocycles. The van der Waals surface area contributed by atoms with Crippen molar-refractivity contribution >= 4 is 11.9 Å². The summed E-state index contributed by atoms with van der Waals surface area (Å²) in [6.07, 6.45) is 5.36. The van der Waals surface area contributed by atoms with E-state index in [9.17, 15) is 4.79 Å². The minimum atomic E-state index is -0.0435. The summed E-state index contributed by atoms with van der Waals surface area (Å²) >= 11 is 0. The molecule has 0 atom stereocenters. The van der Waals surface area contributed by atoms with Crippen LogP contribution in [0.5, 0.6) is 0 Å². The smallest absolute Gasteiger partial charge is 0.309 e. The van der Waals surface area contributed by atoms with Crippen molar-refractivity contribution in [1.82, 2.24) is 10.2 Å². The van der Waals surface area contributed by atoms with E-state index in [1.807, 2.05) is 14.0 Å². The lowest BCUT2D eigenvalue weighted by atomic mass is 9.97. The van der Waals surface area contributed by atoms with Crippen molar-refractivity contribution in [3.8, 4) is 0 Å². The van der Waals surface area contributed by atoms with E-state index < -0.39 is 0 Å². The van der Waals surface area contributed by atoms with E-state index in [2.05, 4.69) is 22.1 Å². The molecule has 1 fully saturated rings. The molecule has 1 N–H and O–H groups in total. The van der Waals surface area contributed by atoms with Crippen LogP contribution in [0.3, 0.4) is 0 Å². The van der Waals surface area contributed by atoms with Gasteiger partial charge in [0.25, 0.3) is 0 Å². The van der Waals surface area contributed by atoms with Crippen LogP contribution in [0.1, 0.15) is 46.0 Å².